The van der Waals surface area contributed by atoms with Gasteiger partial charge >= 0.3 is 41.9 Å². The predicted octanol–water partition coefficient (Wildman–Crippen LogP) is 10.3. The van der Waals surface area contributed by atoms with Crippen molar-refractivity contribution in [2.24, 2.45) is 22.7 Å². The quantitative estimate of drug-likeness (QED) is 0.00901. The summed E-state index contributed by atoms with van der Waals surface area (Å²) in [6.45, 7) is 15.8. The number of unbranched alkanes of at least 4 members (excludes halogenated alkanes) is 5. The Morgan fingerprint density at radius 2 is 1.01 bits per heavy atom. The number of likely N-dealkylation sites (tertiary alicyclic amines) is 1. The Labute approximate surface area is 780 Å². The first-order chi connectivity index (χ1) is 64.0. The fraction of sp³-hybridized carbons (Fsp3) is 0.625. The van der Waals surface area contributed by atoms with Crippen LogP contribution >= 0.6 is 0 Å². The highest BCUT2D eigenvalue weighted by Gasteiger charge is 2.56. The van der Waals surface area contributed by atoms with Crippen molar-refractivity contribution in [2.75, 3.05) is 151 Å². The molecular weight excluding hydrogens is 1760 g/mol. The van der Waals surface area contributed by atoms with Crippen molar-refractivity contribution in [2.45, 2.75) is 219 Å². The number of carboxylic acids is 1. The molecule has 3 aliphatic heterocycles. The van der Waals surface area contributed by atoms with Crippen LogP contribution in [0.3, 0.4) is 0 Å². The smallest absolute Gasteiger partial charge is 0.471 e. The van der Waals surface area contributed by atoms with E-state index in [2.05, 4.69) is 16.0 Å². The average molecular weight is 1900 g/mol. The number of benzene rings is 4. The lowest BCUT2D eigenvalue weighted by Gasteiger charge is -2.45. The molecule has 12 atom stereocenters. The van der Waals surface area contributed by atoms with Gasteiger partial charge in [-0.2, -0.15) is 13.2 Å². The SMILES string of the molecule is CC[C@H]1OC(OCCOCCOCCOCCCC(=O)c2cc(NC(=O)CCC(=O)CCCCCCCCC(=O)N3CC(C)(COC(=O)CCC(=O)O)C(C)(COC(c4ccccc4)(c4ccc(OC)cc4)c4ccc(OC)cc4)C3)cc(C(=O)NCCOCCOCCOCCOC3O[C@H](COC(C)=O)[C@H](OC(C)=O)[C@H](C)[C@H]3NC(C)=O)c2)[C@H](NC(=O)C(F)(F)F)[C@@H](OC(C)=O)[C@H]1C. The number of nitrogens with one attached hydrogen (secondary N) is 4. The molecule has 7 rings (SSSR count). The second kappa shape index (κ2) is 57.0. The summed E-state index contributed by atoms with van der Waals surface area (Å²) >= 11 is 0. The van der Waals surface area contributed by atoms with E-state index < -0.39 is 138 Å². The van der Waals surface area contributed by atoms with Crippen molar-refractivity contribution in [1.29, 1.82) is 0 Å². The number of ketones is 2. The number of hydrogen-bond donors (Lipinski definition) is 5. The number of anilines is 1. The van der Waals surface area contributed by atoms with Crippen LogP contribution in [-0.4, -0.2) is 282 Å². The highest BCUT2D eigenvalue weighted by molar-refractivity contribution is 6.03. The minimum absolute atomic E-state index is 0.0129. The molecule has 744 valence electrons. The van der Waals surface area contributed by atoms with E-state index in [0.29, 0.717) is 30.8 Å². The van der Waals surface area contributed by atoms with Crippen LogP contribution in [0.4, 0.5) is 18.9 Å². The minimum Gasteiger partial charge on any atom is -0.497 e. The molecule has 4 aromatic carbocycles. The molecule has 0 radical (unpaired) electrons. The molecule has 5 amide bonds. The summed E-state index contributed by atoms with van der Waals surface area (Å²) in [5.41, 5.74) is -0.125. The van der Waals surface area contributed by atoms with Crippen LogP contribution in [0.2, 0.25) is 0 Å². The van der Waals surface area contributed by atoms with Gasteiger partial charge in [0.25, 0.3) is 5.91 Å². The van der Waals surface area contributed by atoms with Gasteiger partial charge in [0, 0.05) is 126 Å². The second-order valence-electron chi connectivity index (χ2n) is 33.8. The van der Waals surface area contributed by atoms with Gasteiger partial charge in [0.2, 0.25) is 17.7 Å². The summed E-state index contributed by atoms with van der Waals surface area (Å²) in [4.78, 5) is 155. The van der Waals surface area contributed by atoms with Crippen molar-refractivity contribution in [1.82, 2.24) is 20.9 Å². The zero-order valence-electron chi connectivity index (χ0n) is 78.6. The van der Waals surface area contributed by atoms with Crippen LogP contribution in [-0.2, 0) is 125 Å². The van der Waals surface area contributed by atoms with E-state index in [0.717, 1.165) is 49.3 Å². The van der Waals surface area contributed by atoms with Crippen molar-refractivity contribution >= 4 is 76.6 Å². The molecule has 35 nitrogen and oxygen atoms in total. The number of alkyl halides is 3. The minimum atomic E-state index is -5.22. The van der Waals surface area contributed by atoms with Gasteiger partial charge in [-0.3, -0.25) is 57.5 Å². The Bertz CT molecular complexity index is 4330. The summed E-state index contributed by atoms with van der Waals surface area (Å²) in [6, 6.07) is 27.2. The molecule has 0 aliphatic carbocycles. The van der Waals surface area contributed by atoms with Gasteiger partial charge in [-0.15, -0.1) is 0 Å². The zero-order chi connectivity index (χ0) is 97.8. The van der Waals surface area contributed by atoms with Crippen molar-refractivity contribution in [3.63, 3.8) is 0 Å². The Morgan fingerprint density at radius 3 is 1.55 bits per heavy atom. The number of ether oxygens (including phenoxy) is 17. The largest absolute Gasteiger partial charge is 0.497 e. The molecule has 4 unspecified atom stereocenters. The van der Waals surface area contributed by atoms with Crippen molar-refractivity contribution < 1.29 is 156 Å². The summed E-state index contributed by atoms with van der Waals surface area (Å²) < 4.78 is 138. The molecule has 3 saturated heterocycles. The van der Waals surface area contributed by atoms with Crippen LogP contribution in [0.25, 0.3) is 0 Å². The number of methoxy groups -OCH3 is 2. The molecule has 5 N–H and O–H groups in total. The number of rotatable bonds is 62. The standard InChI is InChI=1S/C96H134F3N5O30/c1-12-79-63(2)88(132-68(7)108)86(103-92(117)96(97,98)99)91(133-79)127-54-52-125-49-47-122-45-43-120-41-22-26-78(110)69-55-70(89(116)100-40-42-121-44-46-123-48-50-124-51-53-126-90-85(101-65(4)105)64(3)87(131-67(6)107)80(134-90)58-128-66(5)106)57-74(56-69)102-81(111)37-32-75(109)25-20-15-13-14-16-21-27-82(112)104-59-93(8,61-129-84(115)39-38-83(113)114)94(9,60-104)62-130-95(71-23-18-17-19-24-71,72-28-33-76(118-10)34-29-72)73-30-35-77(119-11)36-31-73/h17-19,23-24,28-31,33-36,55-57,63-64,79-80,85-88,90-91H,12-16,20-22,25-27,32,37-54,58-62H2,1-11H3,(H,100,116)(H,101,105)(H,102,111)(H,103,117)(H,113,114)/t63-,64+,79+,80+,85+,86+,87+,88-,90?,91?,93?,94?/m0/s1. The van der Waals surface area contributed by atoms with Crippen LogP contribution in [0.1, 0.15) is 196 Å². The topological polar surface area (TPSA) is 433 Å². The number of halogens is 3. The van der Waals surface area contributed by atoms with Gasteiger partial charge in [0.1, 0.15) is 53.8 Å². The number of carbonyl (C=O) groups is 12. The van der Waals surface area contributed by atoms with Crippen LogP contribution in [0, 0.1) is 22.7 Å². The summed E-state index contributed by atoms with van der Waals surface area (Å²) in [5, 5.41) is 19.5. The number of carbonyl (C=O) groups excluding carboxylic acids is 11. The third-order valence-electron chi connectivity index (χ3n) is 23.5. The Kier molecular flexibility index (Phi) is 47.2. The van der Waals surface area contributed by atoms with E-state index in [-0.39, 0.29) is 217 Å². The molecule has 0 aromatic heterocycles. The lowest BCUT2D eigenvalue weighted by molar-refractivity contribution is -0.264. The van der Waals surface area contributed by atoms with Crippen molar-refractivity contribution in [3.8, 4) is 11.5 Å². The lowest BCUT2D eigenvalue weighted by atomic mass is 9.68. The highest BCUT2D eigenvalue weighted by atomic mass is 19.4. The number of amides is 5. The number of aliphatic carboxylic acids is 1. The molecule has 3 heterocycles. The summed E-state index contributed by atoms with van der Waals surface area (Å²) in [7, 11) is 3.19. The monoisotopic (exact) mass is 1890 g/mol. The van der Waals surface area contributed by atoms with E-state index >= 15 is 0 Å². The van der Waals surface area contributed by atoms with E-state index in [9.17, 15) is 75.8 Å². The number of nitrogens with zero attached hydrogens (tertiary/aromatic N) is 1. The van der Waals surface area contributed by atoms with Crippen molar-refractivity contribution in [3.05, 3.63) is 125 Å². The second-order valence-corrected chi connectivity index (χ2v) is 33.8. The summed E-state index contributed by atoms with van der Waals surface area (Å²) in [5.74, 6) is -7.76. The first-order valence-corrected chi connectivity index (χ1v) is 45.6. The predicted molar refractivity (Wildman–Crippen MR) is 477 cm³/mol. The van der Waals surface area contributed by atoms with Gasteiger partial charge < -0.3 is 112 Å². The average Bonchev–Trinajstić information content (AvgIpc) is 1.40. The van der Waals surface area contributed by atoms with Crippen LogP contribution in [0.5, 0.6) is 11.5 Å². The molecule has 0 saturated carbocycles. The highest BCUT2D eigenvalue weighted by Crippen LogP contribution is 2.51. The molecule has 3 aliphatic rings. The molecule has 38 heteroatoms. The maximum Gasteiger partial charge on any atom is 0.471 e. The number of carboxylic acid groups (broad SMARTS) is 1. The molecular formula is C96H134F3N5O30. The van der Waals surface area contributed by atoms with Gasteiger partial charge in [0.15, 0.2) is 18.4 Å². The lowest BCUT2D eigenvalue weighted by Crippen LogP contribution is -2.63. The van der Waals surface area contributed by atoms with Gasteiger partial charge in [-0.1, -0.05) is 115 Å². The first-order valence-electron chi connectivity index (χ1n) is 45.6. The maximum atomic E-state index is 14.3. The molecule has 0 spiro atoms. The van der Waals surface area contributed by atoms with E-state index in [1.54, 1.807) is 39.9 Å². The molecule has 134 heavy (non-hydrogen) atoms. The third-order valence-corrected chi connectivity index (χ3v) is 23.5. The maximum absolute atomic E-state index is 14.3. The normalized spacial score (nSPS) is 21.1. The Hall–Kier alpha value is -10.1. The fourth-order valence-electron chi connectivity index (χ4n) is 16.0. The Balaban J connectivity index is 0.857. The molecule has 4 aromatic rings. The van der Waals surface area contributed by atoms with E-state index in [1.807, 2.05) is 98.0 Å². The Morgan fingerprint density at radius 1 is 0.507 bits per heavy atom. The van der Waals surface area contributed by atoms with Gasteiger partial charge in [0.05, 0.1) is 138 Å². The first kappa shape index (κ1) is 111. The van der Waals surface area contributed by atoms with Gasteiger partial charge in [-0.05, 0) is 84.8 Å². The number of hydrogen-bond acceptors (Lipinski definition) is 29. The van der Waals surface area contributed by atoms with Crippen LogP contribution in [0.15, 0.2) is 97.1 Å². The summed E-state index contributed by atoms with van der Waals surface area (Å²) in [6.07, 6.45) is -6.66. The van der Waals surface area contributed by atoms with E-state index in [1.165, 1.54) is 39.0 Å². The van der Waals surface area contributed by atoms with E-state index in [4.69, 9.17) is 80.5 Å². The third kappa shape index (κ3) is 36.2. The zero-order valence-corrected chi connectivity index (χ0v) is 78.6. The number of esters is 4. The molecule has 0 bridgehead atoms. The molecule has 3 fully saturated rings. The fourth-order valence-corrected chi connectivity index (χ4v) is 16.0. The van der Waals surface area contributed by atoms with Gasteiger partial charge in [-0.25, -0.2) is 0 Å². The van der Waals surface area contributed by atoms with Crippen LogP contribution < -0.4 is 30.7 Å². The number of Topliss-reactive ketones (excluding diaryl/α,β-unsaturated/α-hetero) is 2.